The smallest absolute Gasteiger partial charge is 0.318 e. The lowest BCUT2D eigenvalue weighted by Gasteiger charge is -2.23. The van der Waals surface area contributed by atoms with Gasteiger partial charge in [0.15, 0.2) is 0 Å². The summed E-state index contributed by atoms with van der Waals surface area (Å²) in [6, 6.07) is 10.6. The Kier molecular flexibility index (Phi) is 4.58. The fraction of sp³-hybridized carbons (Fsp3) is 0.529. The quantitative estimate of drug-likeness (QED) is 0.595. The van der Waals surface area contributed by atoms with Crippen molar-refractivity contribution in [3.8, 4) is 0 Å². The zero-order valence-corrected chi connectivity index (χ0v) is 12.6. The second-order valence-corrected chi connectivity index (χ2v) is 6.47. The number of oxime groups is 1. The number of benzene rings is 1. The monoisotopic (exact) mass is 273 g/mol. The van der Waals surface area contributed by atoms with Crippen LogP contribution in [-0.2, 0) is 9.63 Å². The molecular formula is C17H23NO2. The maximum atomic E-state index is 11.7. The molecule has 0 unspecified atom stereocenters. The van der Waals surface area contributed by atoms with Gasteiger partial charge in [-0.3, -0.25) is 0 Å². The van der Waals surface area contributed by atoms with E-state index >= 15 is 0 Å². The highest BCUT2D eigenvalue weighted by Gasteiger charge is 2.24. The molecule has 0 aromatic heterocycles. The first-order valence-corrected chi connectivity index (χ1v) is 7.29. The molecule has 0 saturated heterocycles. The normalized spacial score (nSPS) is 19.6. The molecule has 0 amide bonds. The predicted octanol–water partition coefficient (Wildman–Crippen LogP) is 4.29. The lowest BCUT2D eigenvalue weighted by atomic mass is 9.83. The van der Waals surface area contributed by atoms with Crippen LogP contribution in [-0.4, -0.2) is 11.7 Å². The zero-order chi connectivity index (χ0) is 14.6. The first kappa shape index (κ1) is 14.8. The topological polar surface area (TPSA) is 38.7 Å². The van der Waals surface area contributed by atoms with Gasteiger partial charge in [-0.25, -0.2) is 4.79 Å². The first-order chi connectivity index (χ1) is 9.47. The molecule has 0 radical (unpaired) electrons. The molecule has 1 saturated carbocycles. The van der Waals surface area contributed by atoms with E-state index in [9.17, 15) is 4.79 Å². The van der Waals surface area contributed by atoms with Crippen molar-refractivity contribution in [2.75, 3.05) is 0 Å². The largest absolute Gasteiger partial charge is 0.340 e. The van der Waals surface area contributed by atoms with Gasteiger partial charge in [0.05, 0.1) is 11.1 Å². The van der Waals surface area contributed by atoms with Crippen LogP contribution in [0.25, 0.3) is 0 Å². The molecule has 0 aliphatic heterocycles. The van der Waals surface area contributed by atoms with Gasteiger partial charge in [-0.1, -0.05) is 35.5 Å². The van der Waals surface area contributed by atoms with E-state index in [4.69, 9.17) is 4.84 Å². The van der Waals surface area contributed by atoms with Crippen molar-refractivity contribution in [2.45, 2.75) is 52.4 Å². The Balaban J connectivity index is 1.87. The van der Waals surface area contributed by atoms with E-state index in [1.54, 1.807) is 0 Å². The molecular weight excluding hydrogens is 250 g/mol. The predicted molar refractivity (Wildman–Crippen MR) is 80.6 cm³/mol. The van der Waals surface area contributed by atoms with Crippen molar-refractivity contribution in [2.24, 2.45) is 10.6 Å². The number of hydrogen-bond acceptors (Lipinski definition) is 3. The van der Waals surface area contributed by atoms with Crippen molar-refractivity contribution in [3.63, 3.8) is 0 Å². The van der Waals surface area contributed by atoms with Crippen molar-refractivity contribution in [3.05, 3.63) is 35.9 Å². The summed E-state index contributed by atoms with van der Waals surface area (Å²) < 4.78 is 0. The van der Waals surface area contributed by atoms with Gasteiger partial charge < -0.3 is 4.84 Å². The molecule has 0 atom stereocenters. The van der Waals surface area contributed by atoms with Crippen molar-refractivity contribution in [1.29, 1.82) is 0 Å². The molecule has 3 nitrogen and oxygen atoms in total. The molecule has 20 heavy (non-hydrogen) atoms. The first-order valence-electron chi connectivity index (χ1n) is 7.29. The standard InChI is InChI=1S/C17H23NO2/c1-17(2,3)16(19)20-18-15-11-9-14(10-12-15)13-7-5-4-6-8-13/h4-8,14H,9-12H2,1-3H3. The summed E-state index contributed by atoms with van der Waals surface area (Å²) in [5, 5.41) is 4.04. The fourth-order valence-electron chi connectivity index (χ4n) is 2.34. The minimum atomic E-state index is -0.495. The molecule has 1 aliphatic rings. The summed E-state index contributed by atoms with van der Waals surface area (Å²) in [5.41, 5.74) is 1.92. The molecule has 0 N–H and O–H groups in total. The number of nitrogens with zero attached hydrogens (tertiary/aromatic N) is 1. The summed E-state index contributed by atoms with van der Waals surface area (Å²) in [4.78, 5) is 16.7. The summed E-state index contributed by atoms with van der Waals surface area (Å²) in [7, 11) is 0. The van der Waals surface area contributed by atoms with Crippen LogP contribution < -0.4 is 0 Å². The van der Waals surface area contributed by atoms with Crippen LogP contribution in [0, 0.1) is 5.41 Å². The van der Waals surface area contributed by atoms with E-state index in [2.05, 4.69) is 29.4 Å². The third-order valence-electron chi connectivity index (χ3n) is 3.70. The summed E-state index contributed by atoms with van der Waals surface area (Å²) in [6.45, 7) is 5.51. The van der Waals surface area contributed by atoms with Gasteiger partial charge in [0.2, 0.25) is 0 Å². The van der Waals surface area contributed by atoms with Gasteiger partial charge in [-0.15, -0.1) is 0 Å². The van der Waals surface area contributed by atoms with E-state index in [-0.39, 0.29) is 5.97 Å². The Morgan fingerprint density at radius 1 is 1.15 bits per heavy atom. The number of rotatable bonds is 2. The Labute approximate surface area is 121 Å². The summed E-state index contributed by atoms with van der Waals surface area (Å²) >= 11 is 0. The Morgan fingerprint density at radius 2 is 1.75 bits per heavy atom. The second kappa shape index (κ2) is 6.21. The molecule has 0 bridgehead atoms. The molecule has 108 valence electrons. The molecule has 1 aromatic rings. The van der Waals surface area contributed by atoms with Crippen LogP contribution >= 0.6 is 0 Å². The Hall–Kier alpha value is -1.64. The summed E-state index contributed by atoms with van der Waals surface area (Å²) in [6.07, 6.45) is 3.99. The molecule has 1 aliphatic carbocycles. The van der Waals surface area contributed by atoms with Crippen LogP contribution in [0.2, 0.25) is 0 Å². The van der Waals surface area contributed by atoms with Gasteiger partial charge in [0.25, 0.3) is 0 Å². The number of carbonyl (C=O) groups is 1. The van der Waals surface area contributed by atoms with Gasteiger partial charge in [-0.05, 0) is 57.9 Å². The maximum absolute atomic E-state index is 11.7. The molecule has 2 rings (SSSR count). The van der Waals surface area contributed by atoms with Crippen molar-refractivity contribution in [1.82, 2.24) is 0 Å². The third-order valence-corrected chi connectivity index (χ3v) is 3.70. The molecule has 1 fully saturated rings. The van der Waals surface area contributed by atoms with Crippen LogP contribution in [0.4, 0.5) is 0 Å². The fourth-order valence-corrected chi connectivity index (χ4v) is 2.34. The van der Waals surface area contributed by atoms with Crippen LogP contribution in [0.5, 0.6) is 0 Å². The number of hydrogen-bond donors (Lipinski definition) is 0. The van der Waals surface area contributed by atoms with Gasteiger partial charge in [-0.2, -0.15) is 0 Å². The Morgan fingerprint density at radius 3 is 2.30 bits per heavy atom. The number of carbonyl (C=O) groups excluding carboxylic acids is 1. The van der Waals surface area contributed by atoms with E-state index in [1.807, 2.05) is 26.8 Å². The average Bonchev–Trinajstić information content (AvgIpc) is 2.45. The highest BCUT2D eigenvalue weighted by atomic mass is 16.7. The SMILES string of the molecule is CC(C)(C)C(=O)ON=C1CCC(c2ccccc2)CC1. The van der Waals surface area contributed by atoms with Gasteiger partial charge >= 0.3 is 5.97 Å². The maximum Gasteiger partial charge on any atom is 0.340 e. The van der Waals surface area contributed by atoms with E-state index < -0.39 is 5.41 Å². The van der Waals surface area contributed by atoms with Crippen LogP contribution in [0.15, 0.2) is 35.5 Å². The molecule has 1 aromatic carbocycles. The molecule has 0 spiro atoms. The highest BCUT2D eigenvalue weighted by Crippen LogP contribution is 2.31. The van der Waals surface area contributed by atoms with Crippen LogP contribution in [0.1, 0.15) is 57.9 Å². The third kappa shape index (κ3) is 3.92. The lowest BCUT2D eigenvalue weighted by Crippen LogP contribution is -2.22. The lowest BCUT2D eigenvalue weighted by molar-refractivity contribution is -0.153. The Bertz CT molecular complexity index is 475. The van der Waals surface area contributed by atoms with Gasteiger partial charge in [0, 0.05) is 0 Å². The zero-order valence-electron chi connectivity index (χ0n) is 12.6. The minimum absolute atomic E-state index is 0.268. The second-order valence-electron chi connectivity index (χ2n) is 6.47. The van der Waals surface area contributed by atoms with E-state index in [1.165, 1.54) is 5.56 Å². The van der Waals surface area contributed by atoms with Gasteiger partial charge in [0.1, 0.15) is 0 Å². The molecule has 0 heterocycles. The van der Waals surface area contributed by atoms with Crippen molar-refractivity contribution >= 4 is 11.7 Å². The average molecular weight is 273 g/mol. The highest BCUT2D eigenvalue weighted by molar-refractivity contribution is 5.86. The summed E-state index contributed by atoms with van der Waals surface area (Å²) in [5.74, 6) is 0.337. The molecule has 3 heteroatoms. The minimum Gasteiger partial charge on any atom is -0.318 e. The van der Waals surface area contributed by atoms with E-state index in [0.29, 0.717) is 5.92 Å². The van der Waals surface area contributed by atoms with E-state index in [0.717, 1.165) is 31.4 Å². The van der Waals surface area contributed by atoms with Crippen molar-refractivity contribution < 1.29 is 9.63 Å². The van der Waals surface area contributed by atoms with Crippen LogP contribution in [0.3, 0.4) is 0 Å².